The first-order chi connectivity index (χ1) is 5.59. The lowest BCUT2D eigenvalue weighted by molar-refractivity contribution is 0.141. The monoisotopic (exact) mass is 169 g/mol. The zero-order valence-corrected chi connectivity index (χ0v) is 8.34. The Hall–Kier alpha value is -0.500. The van der Waals surface area contributed by atoms with Gasteiger partial charge in [-0.15, -0.1) is 0 Å². The molecule has 2 atom stereocenters. The highest BCUT2D eigenvalue weighted by molar-refractivity contribution is 4.83. The van der Waals surface area contributed by atoms with E-state index >= 15 is 0 Å². The van der Waals surface area contributed by atoms with Crippen molar-refractivity contribution in [3.63, 3.8) is 0 Å². The molecule has 0 saturated carbocycles. The topological polar surface area (TPSA) is 12.5 Å². The minimum atomic E-state index is 0.594. The van der Waals surface area contributed by atoms with E-state index in [1.807, 2.05) is 6.92 Å². The molecule has 0 spiro atoms. The summed E-state index contributed by atoms with van der Waals surface area (Å²) in [6.45, 7) is 9.91. The third kappa shape index (κ3) is 2.52. The van der Waals surface area contributed by atoms with Gasteiger partial charge in [0.25, 0.3) is 0 Å². The molecular formula is C10H19NO. The summed E-state index contributed by atoms with van der Waals surface area (Å²) in [4.78, 5) is 2.37. The van der Waals surface area contributed by atoms with Gasteiger partial charge in [-0.3, -0.25) is 4.90 Å². The van der Waals surface area contributed by atoms with Crippen molar-refractivity contribution in [1.29, 1.82) is 0 Å². The summed E-state index contributed by atoms with van der Waals surface area (Å²) in [5.74, 6) is 1.64. The fourth-order valence-electron chi connectivity index (χ4n) is 1.79. The molecule has 1 fully saturated rings. The van der Waals surface area contributed by atoms with Crippen molar-refractivity contribution in [2.45, 2.75) is 26.3 Å². The normalized spacial score (nSPS) is 30.6. The molecular weight excluding hydrogens is 150 g/mol. The number of hydrogen-bond donors (Lipinski definition) is 0. The number of likely N-dealkylation sites (tertiary alicyclic amines) is 1. The molecule has 2 nitrogen and oxygen atoms in total. The quantitative estimate of drug-likeness (QED) is 0.598. The average molecular weight is 169 g/mol. The van der Waals surface area contributed by atoms with Crippen LogP contribution in [0.15, 0.2) is 12.3 Å². The van der Waals surface area contributed by atoms with Crippen molar-refractivity contribution in [1.82, 2.24) is 4.90 Å². The molecule has 0 aromatic carbocycles. The number of nitrogens with zero attached hydrogens (tertiary/aromatic N) is 1. The van der Waals surface area contributed by atoms with Crippen molar-refractivity contribution < 1.29 is 4.74 Å². The lowest BCUT2D eigenvalue weighted by Crippen LogP contribution is -2.29. The average Bonchev–Trinajstić information content (AvgIpc) is 2.26. The second-order valence-electron chi connectivity index (χ2n) is 3.95. The van der Waals surface area contributed by atoms with E-state index in [1.165, 1.54) is 13.0 Å². The summed E-state index contributed by atoms with van der Waals surface area (Å²) in [5, 5.41) is 0. The minimum Gasteiger partial charge on any atom is -0.497 e. The van der Waals surface area contributed by atoms with Gasteiger partial charge in [0.05, 0.1) is 5.76 Å². The molecule has 2 unspecified atom stereocenters. The van der Waals surface area contributed by atoms with Crippen LogP contribution in [0.3, 0.4) is 0 Å². The van der Waals surface area contributed by atoms with Gasteiger partial charge in [-0.2, -0.15) is 0 Å². The largest absolute Gasteiger partial charge is 0.497 e. The van der Waals surface area contributed by atoms with E-state index in [1.54, 1.807) is 0 Å². The zero-order chi connectivity index (χ0) is 9.14. The highest BCUT2D eigenvalue weighted by Crippen LogP contribution is 2.21. The van der Waals surface area contributed by atoms with E-state index in [0.29, 0.717) is 6.04 Å². The number of likely N-dealkylation sites (N-methyl/N-ethyl adjacent to an activating group) is 1. The first-order valence-corrected chi connectivity index (χ1v) is 4.58. The van der Waals surface area contributed by atoms with Gasteiger partial charge >= 0.3 is 0 Å². The van der Waals surface area contributed by atoms with Crippen LogP contribution in [0.4, 0.5) is 0 Å². The van der Waals surface area contributed by atoms with Gasteiger partial charge in [-0.05, 0) is 26.3 Å². The predicted molar refractivity (Wildman–Crippen MR) is 51.0 cm³/mol. The Balaban J connectivity index is 2.28. The van der Waals surface area contributed by atoms with E-state index in [0.717, 1.165) is 18.3 Å². The predicted octanol–water partition coefficient (Wildman–Crippen LogP) is 1.88. The Morgan fingerprint density at radius 1 is 1.67 bits per heavy atom. The molecule has 0 bridgehead atoms. The first kappa shape index (κ1) is 9.59. The van der Waals surface area contributed by atoms with E-state index in [4.69, 9.17) is 4.74 Å². The molecule has 0 aliphatic carbocycles. The lowest BCUT2D eigenvalue weighted by Gasteiger charge is -2.19. The zero-order valence-electron chi connectivity index (χ0n) is 8.34. The lowest BCUT2D eigenvalue weighted by atomic mass is 10.1. The number of hydrogen-bond acceptors (Lipinski definition) is 2. The van der Waals surface area contributed by atoms with Gasteiger partial charge < -0.3 is 4.74 Å². The van der Waals surface area contributed by atoms with Crippen LogP contribution >= 0.6 is 0 Å². The van der Waals surface area contributed by atoms with Gasteiger partial charge in [-0.1, -0.05) is 13.5 Å². The molecule has 1 aliphatic heterocycles. The van der Waals surface area contributed by atoms with Crippen LogP contribution in [0.2, 0.25) is 0 Å². The van der Waals surface area contributed by atoms with Gasteiger partial charge in [0, 0.05) is 12.6 Å². The Bertz CT molecular complexity index is 167. The first-order valence-electron chi connectivity index (χ1n) is 4.58. The van der Waals surface area contributed by atoms with Crippen molar-refractivity contribution in [2.75, 3.05) is 20.2 Å². The third-order valence-electron chi connectivity index (χ3n) is 2.42. The molecule has 1 saturated heterocycles. The Labute approximate surface area is 75.2 Å². The Morgan fingerprint density at radius 2 is 2.33 bits per heavy atom. The fraction of sp³-hybridized carbons (Fsp3) is 0.800. The molecule has 0 aromatic heterocycles. The van der Waals surface area contributed by atoms with Crippen LogP contribution in [0.1, 0.15) is 20.3 Å². The molecule has 0 N–H and O–H groups in total. The molecule has 1 rings (SSSR count). The van der Waals surface area contributed by atoms with Crippen LogP contribution in [0.25, 0.3) is 0 Å². The smallest absolute Gasteiger partial charge is 0.103 e. The SMILES string of the molecule is C=C(C)OCC1CC(C)CN1C. The van der Waals surface area contributed by atoms with Gasteiger partial charge in [-0.25, -0.2) is 0 Å². The van der Waals surface area contributed by atoms with Gasteiger partial charge in [0.2, 0.25) is 0 Å². The maximum absolute atomic E-state index is 5.41. The summed E-state index contributed by atoms with van der Waals surface area (Å²) in [5.41, 5.74) is 0. The van der Waals surface area contributed by atoms with Gasteiger partial charge in [0.1, 0.15) is 6.61 Å². The summed E-state index contributed by atoms with van der Waals surface area (Å²) in [7, 11) is 2.16. The summed E-state index contributed by atoms with van der Waals surface area (Å²) in [6, 6.07) is 0.594. The summed E-state index contributed by atoms with van der Waals surface area (Å²) in [6.07, 6.45) is 1.25. The molecule has 12 heavy (non-hydrogen) atoms. The molecule has 1 heterocycles. The van der Waals surface area contributed by atoms with E-state index in [9.17, 15) is 0 Å². The van der Waals surface area contributed by atoms with Gasteiger partial charge in [0.15, 0.2) is 0 Å². The fourth-order valence-corrected chi connectivity index (χ4v) is 1.79. The number of ether oxygens (including phenoxy) is 1. The number of rotatable bonds is 3. The van der Waals surface area contributed by atoms with Crippen LogP contribution in [-0.4, -0.2) is 31.1 Å². The minimum absolute atomic E-state index is 0.594. The highest BCUT2D eigenvalue weighted by Gasteiger charge is 2.26. The van der Waals surface area contributed by atoms with Crippen LogP contribution in [-0.2, 0) is 4.74 Å². The van der Waals surface area contributed by atoms with Crippen LogP contribution in [0.5, 0.6) is 0 Å². The molecule has 0 aromatic rings. The Kier molecular flexibility index (Phi) is 3.15. The van der Waals surface area contributed by atoms with E-state index in [2.05, 4.69) is 25.5 Å². The summed E-state index contributed by atoms with van der Waals surface area (Å²) < 4.78 is 5.41. The van der Waals surface area contributed by atoms with Crippen molar-refractivity contribution in [3.8, 4) is 0 Å². The molecule has 0 radical (unpaired) electrons. The highest BCUT2D eigenvalue weighted by atomic mass is 16.5. The van der Waals surface area contributed by atoms with Crippen LogP contribution in [0, 0.1) is 5.92 Å². The third-order valence-corrected chi connectivity index (χ3v) is 2.42. The second-order valence-corrected chi connectivity index (χ2v) is 3.95. The maximum atomic E-state index is 5.41. The second kappa shape index (κ2) is 3.94. The van der Waals surface area contributed by atoms with Crippen molar-refractivity contribution in [2.24, 2.45) is 5.92 Å². The molecule has 2 heteroatoms. The van der Waals surface area contributed by atoms with Crippen molar-refractivity contribution >= 4 is 0 Å². The Morgan fingerprint density at radius 3 is 2.75 bits per heavy atom. The maximum Gasteiger partial charge on any atom is 0.103 e. The van der Waals surface area contributed by atoms with Crippen LogP contribution < -0.4 is 0 Å². The summed E-state index contributed by atoms with van der Waals surface area (Å²) >= 11 is 0. The number of allylic oxidation sites excluding steroid dienone is 1. The molecule has 1 aliphatic rings. The molecule has 0 amide bonds. The van der Waals surface area contributed by atoms with E-state index in [-0.39, 0.29) is 0 Å². The molecule has 70 valence electrons. The van der Waals surface area contributed by atoms with Crippen molar-refractivity contribution in [3.05, 3.63) is 12.3 Å². The standard InChI is InChI=1S/C10H19NO/c1-8(2)12-7-10-5-9(3)6-11(10)4/h9-10H,1,5-7H2,2-4H3. The van der Waals surface area contributed by atoms with E-state index < -0.39 is 0 Å².